The molecule has 1 fully saturated rings. The third kappa shape index (κ3) is 7.21. The zero-order valence-corrected chi connectivity index (χ0v) is 19.1. The van der Waals surface area contributed by atoms with Gasteiger partial charge in [0.15, 0.2) is 0 Å². The molecule has 4 rings (SSSR count). The molecule has 3 aromatic rings. The van der Waals surface area contributed by atoms with Crippen LogP contribution in [0.1, 0.15) is 49.1 Å². The lowest BCUT2D eigenvalue weighted by Gasteiger charge is -2.28. The van der Waals surface area contributed by atoms with Crippen molar-refractivity contribution >= 4 is 11.8 Å². The van der Waals surface area contributed by atoms with Crippen molar-refractivity contribution in [3.8, 4) is 16.9 Å². The second-order valence-electron chi connectivity index (χ2n) is 8.92. The molecule has 0 spiro atoms. The number of nitrogens with one attached hydrogen (secondary N) is 1. The van der Waals surface area contributed by atoms with Gasteiger partial charge in [0, 0.05) is 24.7 Å². The van der Waals surface area contributed by atoms with Gasteiger partial charge in [-0.25, -0.2) is 4.98 Å². The molecule has 1 aliphatic carbocycles. The molecule has 0 amide bonds. The van der Waals surface area contributed by atoms with Crippen molar-refractivity contribution in [3.63, 3.8) is 0 Å². The summed E-state index contributed by atoms with van der Waals surface area (Å²) in [6.07, 6.45) is 1.26. The number of aromatic nitrogens is 1. The van der Waals surface area contributed by atoms with Crippen LogP contribution in [-0.4, -0.2) is 22.4 Å². The highest BCUT2D eigenvalue weighted by atomic mass is 19.4. The lowest BCUT2D eigenvalue weighted by molar-refractivity contribution is -0.274. The minimum Gasteiger partial charge on any atom is -0.481 e. The molecule has 5 nitrogen and oxygen atoms in total. The molecule has 2 N–H and O–H groups in total. The Kier molecular flexibility index (Phi) is 7.58. The van der Waals surface area contributed by atoms with E-state index in [1.54, 1.807) is 12.3 Å². The zero-order valence-electron chi connectivity index (χ0n) is 19.1. The van der Waals surface area contributed by atoms with Crippen LogP contribution in [0.3, 0.4) is 0 Å². The molecule has 2 aromatic carbocycles. The fraction of sp³-hybridized carbons (Fsp3) is 0.333. The molecule has 0 aliphatic heterocycles. The highest BCUT2D eigenvalue weighted by Crippen LogP contribution is 2.37. The molecular weight excluding hydrogens is 457 g/mol. The maximum absolute atomic E-state index is 12.4. The normalized spacial score (nSPS) is 18.1. The minimum absolute atomic E-state index is 0.253. The number of ether oxygens (including phenoxy) is 1. The van der Waals surface area contributed by atoms with E-state index in [0.717, 1.165) is 36.8 Å². The SMILES string of the molecule is O=C(O)CC1CCC(c2ccc(-c3ccc(NCc4cccc(OC(F)(F)F)c4)nc3)cc2)CC1. The van der Waals surface area contributed by atoms with E-state index < -0.39 is 12.3 Å². The lowest BCUT2D eigenvalue weighted by atomic mass is 9.77. The lowest BCUT2D eigenvalue weighted by Crippen LogP contribution is -2.17. The van der Waals surface area contributed by atoms with Gasteiger partial charge in [-0.3, -0.25) is 4.79 Å². The first-order chi connectivity index (χ1) is 16.7. The summed E-state index contributed by atoms with van der Waals surface area (Å²) in [7, 11) is 0. The predicted octanol–water partition coefficient (Wildman–Crippen LogP) is 7.01. The number of benzene rings is 2. The number of hydrogen-bond donors (Lipinski definition) is 2. The number of nitrogens with zero attached hydrogens (tertiary/aromatic N) is 1. The first-order valence-electron chi connectivity index (χ1n) is 11.6. The molecule has 1 aliphatic rings. The van der Waals surface area contributed by atoms with Crippen LogP contribution in [0.5, 0.6) is 5.75 Å². The summed E-state index contributed by atoms with van der Waals surface area (Å²) in [6.45, 7) is 0.310. The Morgan fingerprint density at radius 2 is 1.71 bits per heavy atom. The van der Waals surface area contributed by atoms with Gasteiger partial charge in [0.1, 0.15) is 11.6 Å². The van der Waals surface area contributed by atoms with Gasteiger partial charge in [0.25, 0.3) is 0 Å². The average molecular weight is 485 g/mol. The highest BCUT2D eigenvalue weighted by molar-refractivity contribution is 5.67. The molecule has 184 valence electrons. The van der Waals surface area contributed by atoms with E-state index in [1.165, 1.54) is 23.8 Å². The van der Waals surface area contributed by atoms with Crippen LogP contribution in [-0.2, 0) is 11.3 Å². The Labute approximate surface area is 202 Å². The summed E-state index contributed by atoms with van der Waals surface area (Å²) in [6, 6.07) is 18.1. The monoisotopic (exact) mass is 484 g/mol. The van der Waals surface area contributed by atoms with Gasteiger partial charge in [0.2, 0.25) is 0 Å². The molecule has 8 heteroatoms. The van der Waals surface area contributed by atoms with Crippen LogP contribution >= 0.6 is 0 Å². The van der Waals surface area contributed by atoms with Crippen LogP contribution in [0, 0.1) is 5.92 Å². The molecular formula is C27H27F3N2O3. The van der Waals surface area contributed by atoms with Crippen molar-refractivity contribution in [2.24, 2.45) is 5.92 Å². The van der Waals surface area contributed by atoms with Crippen LogP contribution in [0.15, 0.2) is 66.9 Å². The van der Waals surface area contributed by atoms with Gasteiger partial charge in [-0.05, 0) is 78.5 Å². The number of halogens is 3. The van der Waals surface area contributed by atoms with E-state index in [-0.39, 0.29) is 12.2 Å². The fourth-order valence-corrected chi connectivity index (χ4v) is 4.61. The maximum Gasteiger partial charge on any atom is 0.573 e. The predicted molar refractivity (Wildman–Crippen MR) is 127 cm³/mol. The second-order valence-corrected chi connectivity index (χ2v) is 8.92. The molecule has 0 unspecified atom stereocenters. The average Bonchev–Trinajstić information content (AvgIpc) is 2.83. The molecule has 0 atom stereocenters. The molecule has 1 saturated carbocycles. The van der Waals surface area contributed by atoms with Gasteiger partial charge in [-0.15, -0.1) is 13.2 Å². The largest absolute Gasteiger partial charge is 0.573 e. The van der Waals surface area contributed by atoms with Gasteiger partial charge in [0.05, 0.1) is 0 Å². The van der Waals surface area contributed by atoms with Gasteiger partial charge < -0.3 is 15.2 Å². The van der Waals surface area contributed by atoms with E-state index in [1.807, 2.05) is 12.1 Å². The van der Waals surface area contributed by atoms with E-state index in [2.05, 4.69) is 39.3 Å². The maximum atomic E-state index is 12.4. The Hall–Kier alpha value is -3.55. The van der Waals surface area contributed by atoms with E-state index in [4.69, 9.17) is 5.11 Å². The summed E-state index contributed by atoms with van der Waals surface area (Å²) in [5.74, 6) is 0.414. The summed E-state index contributed by atoms with van der Waals surface area (Å²) in [5.41, 5.74) is 3.94. The van der Waals surface area contributed by atoms with E-state index >= 15 is 0 Å². The van der Waals surface area contributed by atoms with Crippen molar-refractivity contribution in [2.45, 2.75) is 50.9 Å². The van der Waals surface area contributed by atoms with E-state index in [9.17, 15) is 18.0 Å². The number of carboxylic acids is 1. The zero-order chi connectivity index (χ0) is 24.8. The van der Waals surface area contributed by atoms with Gasteiger partial charge in [-0.1, -0.05) is 36.4 Å². The van der Waals surface area contributed by atoms with Gasteiger partial charge in [-0.2, -0.15) is 0 Å². The first kappa shape index (κ1) is 24.6. The Morgan fingerprint density at radius 3 is 2.34 bits per heavy atom. The molecule has 0 bridgehead atoms. The number of hydrogen-bond acceptors (Lipinski definition) is 4. The number of carboxylic acid groups (broad SMARTS) is 1. The van der Waals surface area contributed by atoms with Crippen molar-refractivity contribution in [1.82, 2.24) is 4.98 Å². The standard InChI is InChI=1S/C27H27F3N2O3/c28-27(29,30)35-24-3-1-2-19(14-24)16-31-25-13-12-23(17-32-25)22-10-8-21(9-11-22)20-6-4-18(5-7-20)15-26(33)34/h1-3,8-14,17-18,20H,4-7,15-16H2,(H,31,32)(H,33,34). The molecule has 1 heterocycles. The Bertz CT molecular complexity index is 1120. The van der Waals surface area contributed by atoms with Crippen LogP contribution < -0.4 is 10.1 Å². The van der Waals surface area contributed by atoms with E-state index in [0.29, 0.717) is 29.8 Å². The van der Waals surface area contributed by atoms with Crippen LogP contribution in [0.25, 0.3) is 11.1 Å². The minimum atomic E-state index is -4.72. The van der Waals surface area contributed by atoms with Crippen molar-refractivity contribution in [1.29, 1.82) is 0 Å². The molecule has 1 aromatic heterocycles. The molecule has 35 heavy (non-hydrogen) atoms. The third-order valence-electron chi connectivity index (χ3n) is 6.39. The summed E-state index contributed by atoms with van der Waals surface area (Å²) in [5, 5.41) is 12.1. The molecule has 0 radical (unpaired) electrons. The van der Waals surface area contributed by atoms with Crippen molar-refractivity contribution in [3.05, 3.63) is 78.0 Å². The molecule has 0 saturated heterocycles. The smallest absolute Gasteiger partial charge is 0.481 e. The topological polar surface area (TPSA) is 71.5 Å². The number of rotatable bonds is 8. The number of pyridine rings is 1. The Morgan fingerprint density at radius 1 is 1.00 bits per heavy atom. The van der Waals surface area contributed by atoms with Crippen molar-refractivity contribution in [2.75, 3.05) is 5.32 Å². The van der Waals surface area contributed by atoms with Gasteiger partial charge >= 0.3 is 12.3 Å². The number of alkyl halides is 3. The third-order valence-corrected chi connectivity index (χ3v) is 6.39. The highest BCUT2D eigenvalue weighted by Gasteiger charge is 2.31. The number of anilines is 1. The van der Waals surface area contributed by atoms with Crippen LogP contribution in [0.2, 0.25) is 0 Å². The number of carbonyl (C=O) groups is 1. The summed E-state index contributed by atoms with van der Waals surface area (Å²) >= 11 is 0. The fourth-order valence-electron chi connectivity index (χ4n) is 4.61. The second kappa shape index (κ2) is 10.8. The first-order valence-corrected chi connectivity index (χ1v) is 11.6. The van der Waals surface area contributed by atoms with Crippen molar-refractivity contribution < 1.29 is 27.8 Å². The Balaban J connectivity index is 1.31. The quantitative estimate of drug-likeness (QED) is 0.360. The number of aliphatic carboxylic acids is 1. The van der Waals surface area contributed by atoms with Crippen LogP contribution in [0.4, 0.5) is 19.0 Å². The summed E-state index contributed by atoms with van der Waals surface area (Å²) in [4.78, 5) is 15.3. The summed E-state index contributed by atoms with van der Waals surface area (Å²) < 4.78 is 41.2.